The van der Waals surface area contributed by atoms with E-state index in [1.165, 1.54) is 57.8 Å². The van der Waals surface area contributed by atoms with E-state index in [-0.39, 0.29) is 51.4 Å². The van der Waals surface area contributed by atoms with Gasteiger partial charge in [-0.15, -0.1) is 0 Å². The second-order valence-corrected chi connectivity index (χ2v) is 5.22. The molecular weight excluding hydrogens is 278 g/mol. The smallest absolute Gasteiger partial charge is 0.343 e. The summed E-state index contributed by atoms with van der Waals surface area (Å²) < 4.78 is 8.88. The minimum absolute atomic E-state index is 0. The van der Waals surface area contributed by atoms with Crippen molar-refractivity contribution in [2.75, 3.05) is 0 Å². The third-order valence-electron chi connectivity index (χ3n) is 2.35. The van der Waals surface area contributed by atoms with Crippen LogP contribution in [0.5, 0.6) is 0 Å². The van der Waals surface area contributed by atoms with Gasteiger partial charge in [-0.25, -0.2) is 4.57 Å². The molecule has 0 bridgehead atoms. The van der Waals surface area contributed by atoms with Gasteiger partial charge in [0.25, 0.3) is 0 Å². The maximum atomic E-state index is 8.88. The Balaban J connectivity index is -0.000000321. The average Bonchev–Trinajstić information content (AvgIpc) is 2.20. The molecule has 0 aliphatic carbocycles. The van der Waals surface area contributed by atoms with Gasteiger partial charge in [-0.05, 0) is 0 Å². The van der Waals surface area contributed by atoms with E-state index in [0.29, 0.717) is 0 Å². The Morgan fingerprint density at radius 2 is 1.11 bits per heavy atom. The van der Waals surface area contributed by atoms with Gasteiger partial charge in [0.05, 0.1) is 0 Å². The van der Waals surface area contributed by atoms with Crippen molar-refractivity contribution >= 4 is 7.82 Å². The van der Waals surface area contributed by atoms with Crippen molar-refractivity contribution in [2.45, 2.75) is 71.1 Å². The number of hydrogen-bond acceptors (Lipinski definition) is 1. The predicted octanol–water partition coefficient (Wildman–Crippen LogP) is 0.817. The van der Waals surface area contributed by atoms with Crippen molar-refractivity contribution in [3.05, 3.63) is 6.92 Å². The summed E-state index contributed by atoms with van der Waals surface area (Å²) in [4.78, 5) is 21.6. The topological polar surface area (TPSA) is 77.8 Å². The van der Waals surface area contributed by atoms with Crippen molar-refractivity contribution < 1.29 is 70.6 Å². The van der Waals surface area contributed by atoms with Gasteiger partial charge in [-0.3, -0.25) is 0 Å². The molecule has 0 fully saturated rings. The van der Waals surface area contributed by atoms with Gasteiger partial charge in [0, 0.05) is 0 Å². The minimum Gasteiger partial charge on any atom is -0.343 e. The third-order valence-corrected chi connectivity index (χ3v) is 2.35. The van der Waals surface area contributed by atoms with Crippen LogP contribution in [0.3, 0.4) is 0 Å². The van der Waals surface area contributed by atoms with Crippen molar-refractivity contribution in [1.82, 2.24) is 0 Å². The van der Waals surface area contributed by atoms with Crippen LogP contribution in [0.2, 0.25) is 0 Å². The zero-order valence-electron chi connectivity index (χ0n) is 12.0. The quantitative estimate of drug-likeness (QED) is 0.255. The summed E-state index contributed by atoms with van der Waals surface area (Å²) in [5.74, 6) is 0. The fourth-order valence-corrected chi connectivity index (χ4v) is 1.49. The van der Waals surface area contributed by atoms with E-state index in [1.54, 1.807) is 0 Å². The zero-order chi connectivity index (χ0) is 13.6. The van der Waals surface area contributed by atoms with Crippen LogP contribution >= 0.6 is 7.82 Å². The Hall–Kier alpha value is 1.75. The van der Waals surface area contributed by atoms with Crippen molar-refractivity contribution in [3.8, 4) is 0 Å². The average molecular weight is 306 g/mol. The van der Waals surface area contributed by atoms with Crippen LogP contribution in [0, 0.1) is 6.92 Å². The Bertz CT molecular complexity index is 167. The summed E-state index contributed by atoms with van der Waals surface area (Å²) in [6.07, 6.45) is 13.9. The van der Waals surface area contributed by atoms with E-state index in [4.69, 9.17) is 19.2 Å². The van der Waals surface area contributed by atoms with Gasteiger partial charge in [0.1, 0.15) is 0 Å². The van der Waals surface area contributed by atoms with E-state index in [2.05, 4.69) is 13.8 Å². The summed E-state index contributed by atoms with van der Waals surface area (Å²) in [7, 11) is -4.64. The molecule has 106 valence electrons. The van der Waals surface area contributed by atoms with Crippen LogP contribution in [0.15, 0.2) is 0 Å². The molecule has 0 aromatic heterocycles. The van der Waals surface area contributed by atoms with Crippen molar-refractivity contribution in [3.63, 3.8) is 0 Å². The van der Waals surface area contributed by atoms with Gasteiger partial charge in [0.15, 0.2) is 0 Å². The van der Waals surface area contributed by atoms with Crippen LogP contribution in [0.1, 0.15) is 71.1 Å². The third kappa shape index (κ3) is 43.1. The van der Waals surface area contributed by atoms with Crippen LogP contribution in [0.4, 0.5) is 0 Å². The summed E-state index contributed by atoms with van der Waals surface area (Å²) in [5, 5.41) is 0. The molecule has 18 heavy (non-hydrogen) atoms. The van der Waals surface area contributed by atoms with Crippen LogP contribution in [-0.2, 0) is 4.57 Å². The van der Waals surface area contributed by atoms with Crippen molar-refractivity contribution in [1.29, 1.82) is 0 Å². The standard InChI is InChI=1S/C12H25.K.H3O4P/c1-3-5-7-9-11-12-10-8-6-4-2;;1-5(2,3)4/h1,3-12H2,2H3;;(H3,1,2,3,4)/q-1;+1;. The molecule has 0 saturated heterocycles. The molecule has 0 aromatic carbocycles. The first-order valence-electron chi connectivity index (χ1n) is 6.49. The van der Waals surface area contributed by atoms with Gasteiger partial charge in [-0.2, -0.15) is 6.42 Å². The van der Waals surface area contributed by atoms with Gasteiger partial charge in [-0.1, -0.05) is 64.7 Å². The van der Waals surface area contributed by atoms with Gasteiger partial charge in [0.2, 0.25) is 0 Å². The molecule has 0 aliphatic heterocycles. The van der Waals surface area contributed by atoms with E-state index in [1.807, 2.05) is 0 Å². The second kappa shape index (κ2) is 18.7. The minimum atomic E-state index is -4.64. The van der Waals surface area contributed by atoms with Crippen LogP contribution < -0.4 is 51.4 Å². The molecule has 0 rings (SSSR count). The number of unbranched alkanes of at least 4 members (excludes halogenated alkanes) is 9. The molecule has 0 atom stereocenters. The molecule has 0 radical (unpaired) electrons. The molecule has 0 unspecified atom stereocenters. The maximum absolute atomic E-state index is 8.88. The summed E-state index contributed by atoms with van der Waals surface area (Å²) in [6, 6.07) is 0. The number of rotatable bonds is 9. The van der Waals surface area contributed by atoms with Crippen LogP contribution in [0.25, 0.3) is 0 Å². The van der Waals surface area contributed by atoms with E-state index < -0.39 is 7.82 Å². The predicted molar refractivity (Wildman–Crippen MR) is 71.5 cm³/mol. The largest absolute Gasteiger partial charge is 1.00 e. The number of hydrogen-bond donors (Lipinski definition) is 3. The molecule has 3 N–H and O–H groups in total. The molecule has 0 spiro atoms. The molecule has 0 saturated carbocycles. The number of phosphoric acid groups is 1. The first kappa shape index (κ1) is 24.7. The Kier molecular flexibility index (Phi) is 25.8. The Morgan fingerprint density at radius 1 is 0.833 bits per heavy atom. The fraction of sp³-hybridized carbons (Fsp3) is 0.917. The maximum Gasteiger partial charge on any atom is 1.00 e. The van der Waals surface area contributed by atoms with Crippen molar-refractivity contribution in [2.24, 2.45) is 0 Å². The van der Waals surface area contributed by atoms with E-state index >= 15 is 0 Å². The molecule has 0 aliphatic rings. The molecular formula is C12H28KO4P. The van der Waals surface area contributed by atoms with Crippen LogP contribution in [-0.4, -0.2) is 14.7 Å². The first-order chi connectivity index (χ1) is 7.91. The molecule has 0 heterocycles. The molecule has 0 amide bonds. The van der Waals surface area contributed by atoms with E-state index in [0.717, 1.165) is 6.42 Å². The summed E-state index contributed by atoms with van der Waals surface area (Å²) in [6.45, 7) is 6.12. The fourth-order valence-electron chi connectivity index (χ4n) is 1.49. The van der Waals surface area contributed by atoms with Gasteiger partial charge >= 0.3 is 59.2 Å². The first-order valence-corrected chi connectivity index (χ1v) is 8.05. The second-order valence-electron chi connectivity index (χ2n) is 4.20. The Labute approximate surface area is 155 Å². The monoisotopic (exact) mass is 306 g/mol. The normalized spacial score (nSPS) is 10.3. The summed E-state index contributed by atoms with van der Waals surface area (Å²) in [5.41, 5.74) is 0. The molecule has 6 heteroatoms. The SMILES string of the molecule is O=P(O)(O)O.[CH2-]CCCCCCCCCCC.[K+]. The van der Waals surface area contributed by atoms with E-state index in [9.17, 15) is 0 Å². The molecule has 0 aromatic rings. The Morgan fingerprint density at radius 3 is 1.39 bits per heavy atom. The van der Waals surface area contributed by atoms with Gasteiger partial charge < -0.3 is 21.6 Å². The summed E-state index contributed by atoms with van der Waals surface area (Å²) >= 11 is 0. The zero-order valence-corrected chi connectivity index (χ0v) is 16.0. The molecule has 4 nitrogen and oxygen atoms in total.